The zero-order valence-corrected chi connectivity index (χ0v) is 6.45. The van der Waals surface area contributed by atoms with Crippen molar-refractivity contribution in [2.45, 2.75) is 0 Å². The van der Waals surface area contributed by atoms with Crippen LogP contribution in [0.25, 0.3) is 0 Å². The van der Waals surface area contributed by atoms with E-state index in [-0.39, 0.29) is 13.2 Å². The molecule has 0 fully saturated rings. The van der Waals surface area contributed by atoms with Gasteiger partial charge in [-0.2, -0.15) is 0 Å². The van der Waals surface area contributed by atoms with Crippen LogP contribution in [0.15, 0.2) is 12.3 Å². The summed E-state index contributed by atoms with van der Waals surface area (Å²) in [5.41, 5.74) is 0. The molecule has 0 aliphatic heterocycles. The average molecular weight is 162 g/mol. The van der Waals surface area contributed by atoms with E-state index in [1.807, 2.05) is 0 Å². The Kier molecular flexibility index (Phi) is 7.13. The van der Waals surface area contributed by atoms with Crippen molar-refractivity contribution < 1.29 is 19.7 Å². The van der Waals surface area contributed by atoms with Crippen molar-refractivity contribution >= 4 is 0 Å². The van der Waals surface area contributed by atoms with E-state index in [4.69, 9.17) is 19.7 Å². The van der Waals surface area contributed by atoms with E-state index >= 15 is 0 Å². The molecule has 0 amide bonds. The van der Waals surface area contributed by atoms with Crippen LogP contribution in [0.1, 0.15) is 0 Å². The molecule has 0 spiro atoms. The molecule has 4 heteroatoms. The monoisotopic (exact) mass is 162 g/mol. The second kappa shape index (κ2) is 7.53. The Morgan fingerprint density at radius 2 is 1.91 bits per heavy atom. The Morgan fingerprint density at radius 1 is 1.18 bits per heavy atom. The van der Waals surface area contributed by atoms with E-state index in [2.05, 4.69) is 6.58 Å². The molecule has 0 heterocycles. The van der Waals surface area contributed by atoms with Crippen molar-refractivity contribution in [3.8, 4) is 0 Å². The smallest absolute Gasteiger partial charge is 0.114 e. The van der Waals surface area contributed by atoms with E-state index in [1.165, 1.54) is 0 Å². The van der Waals surface area contributed by atoms with Gasteiger partial charge in [0.15, 0.2) is 0 Å². The lowest BCUT2D eigenvalue weighted by Crippen LogP contribution is -2.07. The molecule has 0 saturated carbocycles. The van der Waals surface area contributed by atoms with Gasteiger partial charge in [0.25, 0.3) is 0 Å². The fourth-order valence-electron chi connectivity index (χ4n) is 0.457. The number of rotatable bonds is 7. The number of hydrogen-bond acceptors (Lipinski definition) is 4. The molecule has 11 heavy (non-hydrogen) atoms. The molecule has 0 aromatic heterocycles. The molecule has 4 nitrogen and oxygen atoms in total. The normalized spacial score (nSPS) is 9.64. The molecule has 0 saturated heterocycles. The summed E-state index contributed by atoms with van der Waals surface area (Å²) < 4.78 is 9.77. The van der Waals surface area contributed by atoms with Crippen molar-refractivity contribution in [2.75, 3.05) is 33.0 Å². The summed E-state index contributed by atoms with van der Waals surface area (Å²) in [6.45, 7) is 4.34. The van der Waals surface area contributed by atoms with Gasteiger partial charge in [0.05, 0.1) is 26.4 Å². The Hall–Kier alpha value is -0.580. The summed E-state index contributed by atoms with van der Waals surface area (Å²) in [5.74, 6) is 0.331. The highest BCUT2D eigenvalue weighted by atomic mass is 16.5. The van der Waals surface area contributed by atoms with Gasteiger partial charge in [-0.05, 0) is 0 Å². The van der Waals surface area contributed by atoms with Crippen LogP contribution in [0, 0.1) is 0 Å². The van der Waals surface area contributed by atoms with Crippen LogP contribution >= 0.6 is 0 Å². The topological polar surface area (TPSA) is 58.9 Å². The molecule has 0 aliphatic rings. The third-order valence-corrected chi connectivity index (χ3v) is 0.946. The molecule has 0 aromatic rings. The molecule has 0 aromatic carbocycles. The number of ether oxygens (including phenoxy) is 2. The second-order valence-electron chi connectivity index (χ2n) is 1.88. The maximum atomic E-state index is 8.43. The Morgan fingerprint density at radius 3 is 2.45 bits per heavy atom. The summed E-state index contributed by atoms with van der Waals surface area (Å²) in [6.07, 6.45) is 0. The Balaban J connectivity index is 2.95. The van der Waals surface area contributed by atoms with Crippen LogP contribution in [-0.2, 0) is 9.47 Å². The minimum Gasteiger partial charge on any atom is -0.494 e. The first-order valence-corrected chi connectivity index (χ1v) is 3.41. The summed E-state index contributed by atoms with van der Waals surface area (Å²) in [7, 11) is 0. The third kappa shape index (κ3) is 7.32. The van der Waals surface area contributed by atoms with Gasteiger partial charge >= 0.3 is 0 Å². The molecular formula is C7H14O4. The molecule has 0 rings (SSSR count). The Bertz CT molecular complexity index is 103. The van der Waals surface area contributed by atoms with E-state index in [0.717, 1.165) is 0 Å². The molecule has 0 unspecified atom stereocenters. The van der Waals surface area contributed by atoms with E-state index < -0.39 is 0 Å². The van der Waals surface area contributed by atoms with Crippen LogP contribution in [0.4, 0.5) is 0 Å². The van der Waals surface area contributed by atoms with Gasteiger partial charge in [0, 0.05) is 0 Å². The SMILES string of the molecule is C=C(CO)OCCOCCO. The molecule has 0 bridgehead atoms. The van der Waals surface area contributed by atoms with Crippen LogP contribution in [0.5, 0.6) is 0 Å². The zero-order chi connectivity index (χ0) is 8.53. The number of aliphatic hydroxyl groups is 2. The molecule has 0 radical (unpaired) electrons. The summed E-state index contributed by atoms with van der Waals surface area (Å²) in [6, 6.07) is 0. The van der Waals surface area contributed by atoms with Crippen molar-refractivity contribution in [3.05, 3.63) is 12.3 Å². The van der Waals surface area contributed by atoms with Crippen molar-refractivity contribution in [1.29, 1.82) is 0 Å². The lowest BCUT2D eigenvalue weighted by Gasteiger charge is -2.05. The van der Waals surface area contributed by atoms with Gasteiger partial charge < -0.3 is 19.7 Å². The fourth-order valence-corrected chi connectivity index (χ4v) is 0.457. The summed E-state index contributed by atoms with van der Waals surface area (Å²) in [5, 5.41) is 16.7. The summed E-state index contributed by atoms with van der Waals surface area (Å²) in [4.78, 5) is 0. The van der Waals surface area contributed by atoms with Crippen LogP contribution < -0.4 is 0 Å². The highest BCUT2D eigenvalue weighted by Gasteiger charge is 1.91. The van der Waals surface area contributed by atoms with Crippen LogP contribution in [0.2, 0.25) is 0 Å². The van der Waals surface area contributed by atoms with Crippen LogP contribution in [0.3, 0.4) is 0 Å². The van der Waals surface area contributed by atoms with Gasteiger partial charge in [-0.25, -0.2) is 0 Å². The van der Waals surface area contributed by atoms with Gasteiger partial charge in [-0.1, -0.05) is 6.58 Å². The molecular weight excluding hydrogens is 148 g/mol. The first-order chi connectivity index (χ1) is 5.31. The maximum absolute atomic E-state index is 8.43. The minimum atomic E-state index is -0.167. The van der Waals surface area contributed by atoms with E-state index in [0.29, 0.717) is 25.6 Å². The van der Waals surface area contributed by atoms with Gasteiger partial charge in [0.2, 0.25) is 0 Å². The first-order valence-electron chi connectivity index (χ1n) is 3.41. The van der Waals surface area contributed by atoms with Gasteiger partial charge in [-0.3, -0.25) is 0 Å². The standard InChI is InChI=1S/C7H14O4/c1-7(6-9)11-5-4-10-3-2-8/h8-9H,1-6H2. The highest BCUT2D eigenvalue weighted by molar-refractivity contribution is 4.80. The molecule has 66 valence electrons. The molecule has 0 atom stereocenters. The van der Waals surface area contributed by atoms with Gasteiger partial charge in [-0.15, -0.1) is 0 Å². The largest absolute Gasteiger partial charge is 0.494 e. The zero-order valence-electron chi connectivity index (χ0n) is 6.45. The lowest BCUT2D eigenvalue weighted by molar-refractivity contribution is 0.0478. The highest BCUT2D eigenvalue weighted by Crippen LogP contribution is 1.89. The number of hydrogen-bond donors (Lipinski definition) is 2. The third-order valence-electron chi connectivity index (χ3n) is 0.946. The van der Waals surface area contributed by atoms with Crippen molar-refractivity contribution in [1.82, 2.24) is 0 Å². The number of aliphatic hydroxyl groups excluding tert-OH is 2. The first kappa shape index (κ1) is 10.4. The van der Waals surface area contributed by atoms with Crippen LogP contribution in [-0.4, -0.2) is 43.2 Å². The summed E-state index contributed by atoms with van der Waals surface area (Å²) >= 11 is 0. The average Bonchev–Trinajstić information content (AvgIpc) is 2.04. The Labute approximate surface area is 66.1 Å². The lowest BCUT2D eigenvalue weighted by atomic mass is 10.6. The molecule has 2 N–H and O–H groups in total. The van der Waals surface area contributed by atoms with E-state index in [9.17, 15) is 0 Å². The second-order valence-corrected chi connectivity index (χ2v) is 1.88. The predicted molar refractivity (Wildman–Crippen MR) is 40.1 cm³/mol. The van der Waals surface area contributed by atoms with Gasteiger partial charge in [0.1, 0.15) is 12.4 Å². The quantitative estimate of drug-likeness (QED) is 0.392. The maximum Gasteiger partial charge on any atom is 0.114 e. The van der Waals surface area contributed by atoms with Crippen molar-refractivity contribution in [3.63, 3.8) is 0 Å². The predicted octanol–water partition coefficient (Wildman–Crippen LogP) is -0.482. The van der Waals surface area contributed by atoms with Crippen molar-refractivity contribution in [2.24, 2.45) is 0 Å². The molecule has 0 aliphatic carbocycles. The van der Waals surface area contributed by atoms with E-state index in [1.54, 1.807) is 0 Å². The minimum absolute atomic E-state index is 0.0148. The fraction of sp³-hybridized carbons (Fsp3) is 0.714.